The summed E-state index contributed by atoms with van der Waals surface area (Å²) in [4.78, 5) is 11.2. The molecule has 3 rings (SSSR count). The predicted octanol–water partition coefficient (Wildman–Crippen LogP) is 4.36. The van der Waals surface area contributed by atoms with Crippen molar-refractivity contribution in [3.8, 4) is 5.75 Å². The van der Waals surface area contributed by atoms with Gasteiger partial charge < -0.3 is 9.84 Å². The minimum Gasteiger partial charge on any atom is -0.490 e. The van der Waals surface area contributed by atoms with Crippen LogP contribution in [-0.4, -0.2) is 17.7 Å². The van der Waals surface area contributed by atoms with Gasteiger partial charge in [0.25, 0.3) is 0 Å². The van der Waals surface area contributed by atoms with E-state index in [4.69, 9.17) is 9.84 Å². The number of carboxylic acid groups (broad SMARTS) is 1. The Morgan fingerprint density at radius 2 is 1.90 bits per heavy atom. The van der Waals surface area contributed by atoms with Gasteiger partial charge in [-0.3, -0.25) is 0 Å². The molecule has 0 bridgehead atoms. The summed E-state index contributed by atoms with van der Waals surface area (Å²) in [6, 6.07) is 3.16. The summed E-state index contributed by atoms with van der Waals surface area (Å²) in [5.74, 6) is -1.00. The van der Waals surface area contributed by atoms with Gasteiger partial charge >= 0.3 is 5.97 Å². The van der Waals surface area contributed by atoms with Crippen LogP contribution in [0.1, 0.15) is 66.8 Å². The molecule has 0 aromatic heterocycles. The van der Waals surface area contributed by atoms with E-state index in [0.717, 1.165) is 31.2 Å². The maximum atomic E-state index is 14.2. The summed E-state index contributed by atoms with van der Waals surface area (Å²) in [5.41, 5.74) is 0.630. The van der Waals surface area contributed by atoms with Crippen LogP contribution in [0.5, 0.6) is 5.75 Å². The van der Waals surface area contributed by atoms with Gasteiger partial charge in [-0.25, -0.2) is 9.18 Å². The standard InChI is InChI=1S/C17H21FO3/c18-16-14(17(19)20)8-13(12-6-7-12)9-15(16)21-10-11-4-2-1-3-5-11/h8-9,11-12H,1-7,10H2,(H,19,20). The van der Waals surface area contributed by atoms with Gasteiger partial charge in [0.05, 0.1) is 12.2 Å². The SMILES string of the molecule is O=C(O)c1cc(C2CC2)cc(OCC2CCCCC2)c1F. The molecule has 0 spiro atoms. The number of rotatable bonds is 5. The van der Waals surface area contributed by atoms with Gasteiger partial charge in [0.2, 0.25) is 0 Å². The summed E-state index contributed by atoms with van der Waals surface area (Å²) in [5, 5.41) is 9.14. The van der Waals surface area contributed by atoms with Crippen LogP contribution in [0, 0.1) is 11.7 Å². The fourth-order valence-corrected chi connectivity index (χ4v) is 3.09. The fourth-order valence-electron chi connectivity index (χ4n) is 3.09. The van der Waals surface area contributed by atoms with Crippen molar-refractivity contribution in [3.05, 3.63) is 29.1 Å². The van der Waals surface area contributed by atoms with E-state index in [9.17, 15) is 9.18 Å². The van der Waals surface area contributed by atoms with Crippen LogP contribution in [0.25, 0.3) is 0 Å². The van der Waals surface area contributed by atoms with Crippen molar-refractivity contribution in [1.29, 1.82) is 0 Å². The van der Waals surface area contributed by atoms with Crippen LogP contribution in [0.3, 0.4) is 0 Å². The molecule has 0 radical (unpaired) electrons. The molecule has 0 unspecified atom stereocenters. The Labute approximate surface area is 124 Å². The molecule has 2 aliphatic carbocycles. The Hall–Kier alpha value is -1.58. The zero-order chi connectivity index (χ0) is 14.8. The maximum absolute atomic E-state index is 14.2. The number of carboxylic acids is 1. The van der Waals surface area contributed by atoms with E-state index < -0.39 is 11.8 Å². The lowest BCUT2D eigenvalue weighted by Crippen LogP contribution is -2.16. The van der Waals surface area contributed by atoms with Crippen LogP contribution < -0.4 is 4.74 Å². The highest BCUT2D eigenvalue weighted by atomic mass is 19.1. The number of aromatic carboxylic acids is 1. The fraction of sp³-hybridized carbons (Fsp3) is 0.588. The molecule has 1 aromatic carbocycles. The first-order valence-electron chi connectivity index (χ1n) is 7.84. The number of ether oxygens (including phenoxy) is 1. The third kappa shape index (κ3) is 3.36. The van der Waals surface area contributed by atoms with E-state index in [1.165, 1.54) is 25.3 Å². The molecule has 1 aromatic rings. The molecule has 2 saturated carbocycles. The van der Waals surface area contributed by atoms with Crippen molar-refractivity contribution in [3.63, 3.8) is 0 Å². The molecule has 2 aliphatic rings. The molecule has 0 amide bonds. The highest BCUT2D eigenvalue weighted by molar-refractivity contribution is 5.88. The third-order valence-electron chi connectivity index (χ3n) is 4.54. The van der Waals surface area contributed by atoms with Gasteiger partial charge in [0, 0.05) is 0 Å². The number of hydrogen-bond donors (Lipinski definition) is 1. The van der Waals surface area contributed by atoms with Crippen LogP contribution in [0.4, 0.5) is 4.39 Å². The van der Waals surface area contributed by atoms with Crippen molar-refractivity contribution < 1.29 is 19.0 Å². The monoisotopic (exact) mass is 292 g/mol. The Morgan fingerprint density at radius 1 is 1.19 bits per heavy atom. The number of benzene rings is 1. The Morgan fingerprint density at radius 3 is 2.52 bits per heavy atom. The minimum absolute atomic E-state index is 0.113. The second-order valence-corrected chi connectivity index (χ2v) is 6.28. The lowest BCUT2D eigenvalue weighted by atomic mass is 9.90. The van der Waals surface area contributed by atoms with Gasteiger partial charge in [-0.15, -0.1) is 0 Å². The lowest BCUT2D eigenvalue weighted by molar-refractivity contribution is 0.0690. The van der Waals surface area contributed by atoms with Crippen molar-refractivity contribution in [2.75, 3.05) is 6.61 Å². The second kappa shape index (κ2) is 6.04. The molecule has 21 heavy (non-hydrogen) atoms. The zero-order valence-corrected chi connectivity index (χ0v) is 12.1. The highest BCUT2D eigenvalue weighted by Crippen LogP contribution is 2.42. The molecular formula is C17H21FO3. The van der Waals surface area contributed by atoms with Gasteiger partial charge in [-0.2, -0.15) is 0 Å². The molecule has 0 atom stereocenters. The summed E-state index contributed by atoms with van der Waals surface area (Å²) in [6.45, 7) is 0.490. The van der Waals surface area contributed by atoms with Crippen LogP contribution in [0.15, 0.2) is 12.1 Å². The number of halogens is 1. The smallest absolute Gasteiger partial charge is 0.338 e. The predicted molar refractivity (Wildman–Crippen MR) is 77.4 cm³/mol. The molecule has 0 saturated heterocycles. The highest BCUT2D eigenvalue weighted by Gasteiger charge is 2.28. The third-order valence-corrected chi connectivity index (χ3v) is 4.54. The molecule has 1 N–H and O–H groups in total. The first-order valence-corrected chi connectivity index (χ1v) is 7.84. The first kappa shape index (κ1) is 14.4. The topological polar surface area (TPSA) is 46.5 Å². The second-order valence-electron chi connectivity index (χ2n) is 6.28. The Kier molecular flexibility index (Phi) is 4.13. The molecule has 3 nitrogen and oxygen atoms in total. The van der Waals surface area contributed by atoms with E-state index >= 15 is 0 Å². The largest absolute Gasteiger partial charge is 0.490 e. The number of carbonyl (C=O) groups is 1. The minimum atomic E-state index is -1.22. The lowest BCUT2D eigenvalue weighted by Gasteiger charge is -2.22. The van der Waals surface area contributed by atoms with E-state index in [0.29, 0.717) is 18.4 Å². The van der Waals surface area contributed by atoms with Gasteiger partial charge in [-0.05, 0) is 55.2 Å². The average molecular weight is 292 g/mol. The average Bonchev–Trinajstić information content (AvgIpc) is 3.31. The van der Waals surface area contributed by atoms with Gasteiger partial charge in [-0.1, -0.05) is 19.3 Å². The van der Waals surface area contributed by atoms with E-state index in [1.807, 2.05) is 0 Å². The van der Waals surface area contributed by atoms with Crippen molar-refractivity contribution >= 4 is 5.97 Å². The molecule has 114 valence electrons. The van der Waals surface area contributed by atoms with Crippen molar-refractivity contribution in [2.45, 2.75) is 50.9 Å². The van der Waals surface area contributed by atoms with Crippen LogP contribution >= 0.6 is 0 Å². The van der Waals surface area contributed by atoms with Gasteiger partial charge in [0.15, 0.2) is 11.6 Å². The molecule has 4 heteroatoms. The summed E-state index contributed by atoms with van der Waals surface area (Å²) in [7, 11) is 0. The molecular weight excluding hydrogens is 271 g/mol. The van der Waals surface area contributed by atoms with Gasteiger partial charge in [0.1, 0.15) is 0 Å². The van der Waals surface area contributed by atoms with Crippen LogP contribution in [0.2, 0.25) is 0 Å². The van der Waals surface area contributed by atoms with Crippen molar-refractivity contribution in [2.24, 2.45) is 5.92 Å². The molecule has 0 heterocycles. The Balaban J connectivity index is 1.77. The van der Waals surface area contributed by atoms with E-state index in [2.05, 4.69) is 0 Å². The van der Waals surface area contributed by atoms with E-state index in [-0.39, 0.29) is 11.3 Å². The molecule has 2 fully saturated rings. The van der Waals surface area contributed by atoms with Crippen molar-refractivity contribution in [1.82, 2.24) is 0 Å². The molecule has 0 aliphatic heterocycles. The summed E-state index contributed by atoms with van der Waals surface area (Å²) in [6.07, 6.45) is 8.02. The van der Waals surface area contributed by atoms with E-state index in [1.54, 1.807) is 6.07 Å². The zero-order valence-electron chi connectivity index (χ0n) is 12.1. The quantitative estimate of drug-likeness (QED) is 0.877. The first-order chi connectivity index (χ1) is 10.1. The van der Waals surface area contributed by atoms with Crippen LogP contribution in [-0.2, 0) is 0 Å². The number of hydrogen-bond acceptors (Lipinski definition) is 2. The maximum Gasteiger partial charge on any atom is 0.338 e. The summed E-state index contributed by atoms with van der Waals surface area (Å²) < 4.78 is 19.9. The summed E-state index contributed by atoms with van der Waals surface area (Å²) >= 11 is 0. The Bertz CT molecular complexity index is 531. The normalized spacial score (nSPS) is 19.5.